The molecule has 11 heteroatoms. The zero-order chi connectivity index (χ0) is 28.7. The number of likely N-dealkylation sites (N-methyl/N-ethyl adjacent to an activating group) is 1. The van der Waals surface area contributed by atoms with E-state index in [0.29, 0.717) is 53.2 Å². The van der Waals surface area contributed by atoms with Crippen molar-refractivity contribution >= 4 is 62.4 Å². The minimum atomic E-state index is -0.541. The Morgan fingerprint density at radius 3 is 2.61 bits per heavy atom. The molecule has 3 heterocycles. The number of rotatable bonds is 8. The van der Waals surface area contributed by atoms with Gasteiger partial charge in [0.2, 0.25) is 17.4 Å². The van der Waals surface area contributed by atoms with Gasteiger partial charge in [-0.15, -0.1) is 0 Å². The van der Waals surface area contributed by atoms with Crippen LogP contribution in [0.2, 0.25) is 0 Å². The first kappa shape index (κ1) is 26.1. The van der Waals surface area contributed by atoms with Gasteiger partial charge in [0.05, 0.1) is 36.0 Å². The summed E-state index contributed by atoms with van der Waals surface area (Å²) in [5.41, 5.74) is 9.93. The van der Waals surface area contributed by atoms with E-state index in [2.05, 4.69) is 20.6 Å². The topological polar surface area (TPSA) is 143 Å². The fourth-order valence-electron chi connectivity index (χ4n) is 5.24. The van der Waals surface area contributed by atoms with Crippen molar-refractivity contribution in [3.63, 3.8) is 0 Å². The maximum absolute atomic E-state index is 12.9. The molecule has 0 spiro atoms. The maximum atomic E-state index is 12.9. The molecule has 2 aromatic heterocycles. The van der Waals surface area contributed by atoms with Crippen molar-refractivity contribution in [3.05, 3.63) is 71.9 Å². The van der Waals surface area contributed by atoms with Crippen molar-refractivity contribution in [1.29, 1.82) is 0 Å². The molecule has 3 aromatic carbocycles. The molecule has 0 radical (unpaired) electrons. The van der Waals surface area contributed by atoms with Gasteiger partial charge in [-0.1, -0.05) is 29.2 Å². The number of hydrogen-bond acceptors (Lipinski definition) is 7. The average molecular weight is 552 g/mol. The van der Waals surface area contributed by atoms with Gasteiger partial charge in [0.1, 0.15) is 5.69 Å². The van der Waals surface area contributed by atoms with E-state index in [0.717, 1.165) is 33.8 Å². The number of ether oxygens (including phenoxy) is 1. The Morgan fingerprint density at radius 1 is 1.10 bits per heavy atom. The number of benzene rings is 3. The molecule has 41 heavy (non-hydrogen) atoms. The summed E-state index contributed by atoms with van der Waals surface area (Å²) in [4.78, 5) is 40.2. The number of fused-ring (bicyclic) bond motifs is 3. The predicted molar refractivity (Wildman–Crippen MR) is 159 cm³/mol. The fourth-order valence-corrected chi connectivity index (χ4v) is 5.24. The number of carbonyl (C=O) groups excluding carboxylic acids is 2. The van der Waals surface area contributed by atoms with E-state index in [1.165, 1.54) is 0 Å². The third kappa shape index (κ3) is 4.98. The molecular formula is C30H31N8O3+. The molecule has 0 saturated heterocycles. The third-order valence-electron chi connectivity index (χ3n) is 7.18. The maximum Gasteiger partial charge on any atom is 0.351 e. The van der Waals surface area contributed by atoms with Gasteiger partial charge >= 0.3 is 5.95 Å². The number of nitrogens with one attached hydrogen (secondary N) is 4. The van der Waals surface area contributed by atoms with Gasteiger partial charge in [-0.2, -0.15) is 0 Å². The number of primary amides is 1. The number of amides is 2. The normalized spacial score (nSPS) is 12.6. The average Bonchev–Trinajstić information content (AvgIpc) is 3.59. The number of aromatic nitrogens is 3. The second-order valence-electron chi connectivity index (χ2n) is 10.3. The van der Waals surface area contributed by atoms with Crippen molar-refractivity contribution in [2.24, 2.45) is 5.73 Å². The molecule has 0 aliphatic carbocycles. The second-order valence-corrected chi connectivity index (χ2v) is 10.3. The summed E-state index contributed by atoms with van der Waals surface area (Å²) in [5.74, 6) is 1.07. The highest BCUT2D eigenvalue weighted by molar-refractivity contribution is 6.05. The number of anilines is 5. The Balaban J connectivity index is 1.38. The molecule has 5 aromatic rings. The highest BCUT2D eigenvalue weighted by Gasteiger charge is 2.28. The molecule has 0 saturated carbocycles. The van der Waals surface area contributed by atoms with Crippen LogP contribution >= 0.6 is 0 Å². The van der Waals surface area contributed by atoms with E-state index < -0.39 is 5.91 Å². The van der Waals surface area contributed by atoms with Gasteiger partial charge in [0.25, 0.3) is 5.91 Å². The molecule has 6 N–H and O–H groups in total. The largest absolute Gasteiger partial charge is 0.493 e. The Hall–Kier alpha value is -5.16. The monoisotopic (exact) mass is 551 g/mol. The molecular weight excluding hydrogens is 520 g/mol. The molecule has 0 unspecified atom stereocenters. The number of hydrogen-bond donors (Lipinski definition) is 4. The fraction of sp³-hybridized carbons (Fsp3) is 0.200. The Morgan fingerprint density at radius 2 is 1.88 bits per heavy atom. The van der Waals surface area contributed by atoms with E-state index >= 15 is 0 Å². The lowest BCUT2D eigenvalue weighted by molar-refractivity contribution is -0.333. The first-order valence-corrected chi connectivity index (χ1v) is 13.2. The van der Waals surface area contributed by atoms with Gasteiger partial charge in [-0.05, 0) is 61.1 Å². The van der Waals surface area contributed by atoms with Crippen LogP contribution in [-0.2, 0) is 11.2 Å². The lowest BCUT2D eigenvalue weighted by atomic mass is 10.0. The van der Waals surface area contributed by atoms with Crippen LogP contribution in [0.15, 0.2) is 60.8 Å². The first-order chi connectivity index (χ1) is 19.8. The Labute approximate surface area is 236 Å². The molecule has 0 bridgehead atoms. The van der Waals surface area contributed by atoms with Crippen LogP contribution in [0.4, 0.5) is 28.8 Å². The smallest absolute Gasteiger partial charge is 0.351 e. The quantitative estimate of drug-likeness (QED) is 0.231. The molecule has 0 fully saturated rings. The lowest BCUT2D eigenvalue weighted by Gasteiger charge is -2.20. The van der Waals surface area contributed by atoms with Gasteiger partial charge < -0.3 is 25.6 Å². The number of aromatic amines is 2. The molecule has 208 valence electrons. The van der Waals surface area contributed by atoms with Crippen LogP contribution in [0.1, 0.15) is 15.9 Å². The molecule has 1 aliphatic heterocycles. The number of nitrogens with zero attached hydrogens (tertiary/aromatic N) is 3. The lowest BCUT2D eigenvalue weighted by Crippen LogP contribution is -2.36. The van der Waals surface area contributed by atoms with Crippen LogP contribution in [0.5, 0.6) is 5.75 Å². The standard InChI is InChI=1S/C30H30N8O3/c1-37(2)16-26(39)38-11-9-19-14-25(41-3)23(15-24(19)38)34-30-35-28-20(8-10-32-28)29(36-30)33-22-13-18-7-5-4-6-17(18)12-21(22)27(31)40/h4-8,10,12-15H,9,11,16H2,1-3H3,(H2,31,40)(H3,32,33,34,35,36)/p+1. The van der Waals surface area contributed by atoms with Crippen LogP contribution in [0.25, 0.3) is 21.8 Å². The van der Waals surface area contributed by atoms with Gasteiger partial charge in [-0.25, -0.2) is 4.98 Å². The summed E-state index contributed by atoms with van der Waals surface area (Å²) >= 11 is 0. The van der Waals surface area contributed by atoms with E-state index in [4.69, 9.17) is 15.5 Å². The number of carbonyl (C=O) groups is 2. The van der Waals surface area contributed by atoms with Crippen molar-refractivity contribution in [1.82, 2.24) is 14.9 Å². The van der Waals surface area contributed by atoms with E-state index in [1.54, 1.807) is 19.4 Å². The minimum Gasteiger partial charge on any atom is -0.493 e. The highest BCUT2D eigenvalue weighted by atomic mass is 16.5. The van der Waals surface area contributed by atoms with Crippen molar-refractivity contribution < 1.29 is 19.3 Å². The van der Waals surface area contributed by atoms with Gasteiger partial charge in [-0.3, -0.25) is 19.9 Å². The van der Waals surface area contributed by atoms with Crippen molar-refractivity contribution in [2.75, 3.05) is 49.8 Å². The van der Waals surface area contributed by atoms with Gasteiger partial charge in [0, 0.05) is 18.8 Å². The molecule has 11 nitrogen and oxygen atoms in total. The van der Waals surface area contributed by atoms with E-state index in [9.17, 15) is 9.59 Å². The van der Waals surface area contributed by atoms with Crippen molar-refractivity contribution in [3.8, 4) is 5.75 Å². The van der Waals surface area contributed by atoms with E-state index in [1.807, 2.05) is 72.4 Å². The number of nitrogens with two attached hydrogens (primary N) is 1. The molecule has 0 atom stereocenters. The molecule has 1 aliphatic rings. The van der Waals surface area contributed by atoms with Crippen LogP contribution in [0.3, 0.4) is 0 Å². The zero-order valence-corrected chi connectivity index (χ0v) is 23.0. The predicted octanol–water partition coefficient (Wildman–Crippen LogP) is 3.58. The third-order valence-corrected chi connectivity index (χ3v) is 7.18. The Bertz CT molecular complexity index is 1810. The Kier molecular flexibility index (Phi) is 6.64. The summed E-state index contributed by atoms with van der Waals surface area (Å²) in [6.45, 7) is 0.944. The first-order valence-electron chi connectivity index (χ1n) is 13.2. The summed E-state index contributed by atoms with van der Waals surface area (Å²) in [6.07, 6.45) is 2.56. The SMILES string of the molecule is COc1cc2c(cc1Nc1nc(Nc3cc4ccccc4cc3C(N)=O)c3cc[nH]c3[nH+]1)N(C(=O)CN(C)C)CC2. The summed E-state index contributed by atoms with van der Waals surface area (Å²) in [7, 11) is 5.37. The highest BCUT2D eigenvalue weighted by Crippen LogP contribution is 2.38. The van der Waals surface area contributed by atoms with Crippen LogP contribution in [0, 0.1) is 0 Å². The second kappa shape index (κ2) is 10.4. The van der Waals surface area contributed by atoms with Gasteiger partial charge in [0.15, 0.2) is 5.75 Å². The van der Waals surface area contributed by atoms with Crippen molar-refractivity contribution in [2.45, 2.75) is 6.42 Å². The van der Waals surface area contributed by atoms with Crippen LogP contribution < -0.4 is 31.0 Å². The van der Waals surface area contributed by atoms with Crippen LogP contribution in [-0.4, -0.2) is 61.0 Å². The summed E-state index contributed by atoms with van der Waals surface area (Å²) in [5, 5.41) is 9.33. The number of methoxy groups -OCH3 is 1. The zero-order valence-electron chi connectivity index (χ0n) is 23.0. The minimum absolute atomic E-state index is 0.0366. The molecule has 6 rings (SSSR count). The summed E-state index contributed by atoms with van der Waals surface area (Å²) in [6, 6.07) is 17.2. The van der Waals surface area contributed by atoms with E-state index in [-0.39, 0.29) is 5.91 Å². The summed E-state index contributed by atoms with van der Waals surface area (Å²) < 4.78 is 5.69. The molecule has 2 amide bonds. The number of H-pyrrole nitrogens is 2.